The van der Waals surface area contributed by atoms with Gasteiger partial charge in [0.2, 0.25) is 17.6 Å². The Labute approximate surface area is 161 Å². The van der Waals surface area contributed by atoms with E-state index in [-0.39, 0.29) is 29.8 Å². The lowest BCUT2D eigenvalue weighted by atomic mass is 10.1. The van der Waals surface area contributed by atoms with Gasteiger partial charge in [0.15, 0.2) is 0 Å². The van der Waals surface area contributed by atoms with E-state index in [2.05, 4.69) is 20.4 Å². The maximum absolute atomic E-state index is 12.4. The lowest BCUT2D eigenvalue weighted by molar-refractivity contribution is -0.121. The van der Waals surface area contributed by atoms with Crippen LogP contribution in [0, 0.1) is 6.92 Å². The molecule has 1 aromatic carbocycles. The molecular weight excluding hydrogens is 360 g/mol. The first-order chi connectivity index (χ1) is 13.6. The predicted molar refractivity (Wildman–Crippen MR) is 103 cm³/mol. The third kappa shape index (κ3) is 4.12. The van der Waals surface area contributed by atoms with Crippen LogP contribution in [0.2, 0.25) is 0 Å². The maximum atomic E-state index is 12.4. The quantitative estimate of drug-likeness (QED) is 0.676. The number of pyridine rings is 1. The third-order valence-corrected chi connectivity index (χ3v) is 4.83. The Morgan fingerprint density at radius 3 is 3.07 bits per heavy atom. The second-order valence-corrected chi connectivity index (χ2v) is 7.05. The zero-order valence-corrected chi connectivity index (χ0v) is 15.7. The van der Waals surface area contributed by atoms with Crippen molar-refractivity contribution < 1.29 is 14.1 Å². The van der Waals surface area contributed by atoms with Crippen LogP contribution in [0.4, 0.5) is 0 Å². The molecule has 8 nitrogen and oxygen atoms in total. The molecule has 1 aliphatic heterocycles. The molecule has 2 aromatic heterocycles. The van der Waals surface area contributed by atoms with E-state index in [0.717, 1.165) is 35.9 Å². The van der Waals surface area contributed by atoms with E-state index in [1.165, 1.54) is 0 Å². The van der Waals surface area contributed by atoms with Gasteiger partial charge in [-0.3, -0.25) is 9.59 Å². The second-order valence-electron chi connectivity index (χ2n) is 7.05. The molecule has 0 aliphatic carbocycles. The Hall–Kier alpha value is -3.00. The van der Waals surface area contributed by atoms with Crippen molar-refractivity contribution in [2.45, 2.75) is 38.7 Å². The van der Waals surface area contributed by atoms with Gasteiger partial charge in [-0.1, -0.05) is 17.3 Å². The highest BCUT2D eigenvalue weighted by Gasteiger charge is 2.17. The summed E-state index contributed by atoms with van der Waals surface area (Å²) in [5.41, 5.74) is 1.89. The number of nitrogens with zero attached hydrogens (tertiary/aromatic N) is 2. The fourth-order valence-corrected chi connectivity index (χ4v) is 3.29. The van der Waals surface area contributed by atoms with Crippen LogP contribution < -0.4 is 10.9 Å². The summed E-state index contributed by atoms with van der Waals surface area (Å²) in [7, 11) is 0. The van der Waals surface area contributed by atoms with Crippen LogP contribution in [0.1, 0.15) is 30.7 Å². The molecule has 28 heavy (non-hydrogen) atoms. The van der Waals surface area contributed by atoms with Crippen LogP contribution in [0.5, 0.6) is 0 Å². The lowest BCUT2D eigenvalue weighted by Crippen LogP contribution is -2.31. The number of ether oxygens (including phenoxy) is 1. The fourth-order valence-electron chi connectivity index (χ4n) is 3.29. The average molecular weight is 382 g/mol. The predicted octanol–water partition coefficient (Wildman–Crippen LogP) is 2.11. The first kappa shape index (κ1) is 18.4. The van der Waals surface area contributed by atoms with Crippen molar-refractivity contribution in [3.63, 3.8) is 0 Å². The largest absolute Gasteiger partial charge is 0.376 e. The van der Waals surface area contributed by atoms with Gasteiger partial charge in [-0.25, -0.2) is 0 Å². The summed E-state index contributed by atoms with van der Waals surface area (Å²) in [5, 5.41) is 7.65. The van der Waals surface area contributed by atoms with Crippen molar-refractivity contribution >= 4 is 16.8 Å². The molecule has 2 N–H and O–H groups in total. The molecule has 1 amide bonds. The normalized spacial score (nSPS) is 16.5. The van der Waals surface area contributed by atoms with Crippen LogP contribution in [0.3, 0.4) is 0 Å². The monoisotopic (exact) mass is 382 g/mol. The van der Waals surface area contributed by atoms with Crippen molar-refractivity contribution in [3.05, 3.63) is 46.1 Å². The summed E-state index contributed by atoms with van der Waals surface area (Å²) in [5.74, 6) is 0.457. The highest BCUT2D eigenvalue weighted by atomic mass is 16.5. The summed E-state index contributed by atoms with van der Waals surface area (Å²) in [4.78, 5) is 31.5. The molecule has 0 spiro atoms. The van der Waals surface area contributed by atoms with Crippen molar-refractivity contribution in [1.82, 2.24) is 20.4 Å². The van der Waals surface area contributed by atoms with Crippen LogP contribution in [0.15, 0.2) is 33.6 Å². The molecule has 1 saturated heterocycles. The summed E-state index contributed by atoms with van der Waals surface area (Å²) in [6.45, 7) is 3.26. The zero-order valence-electron chi connectivity index (χ0n) is 15.7. The Morgan fingerprint density at radius 1 is 1.36 bits per heavy atom. The lowest BCUT2D eigenvalue weighted by Gasteiger charge is -2.09. The molecular formula is C20H22N4O4. The molecule has 0 radical (unpaired) electrons. The minimum Gasteiger partial charge on any atom is -0.376 e. The maximum Gasteiger partial charge on any atom is 0.259 e. The number of benzene rings is 1. The van der Waals surface area contributed by atoms with Gasteiger partial charge in [-0.05, 0) is 42.8 Å². The Bertz CT molecular complexity index is 1050. The molecule has 3 aromatic rings. The summed E-state index contributed by atoms with van der Waals surface area (Å²) in [6, 6.07) is 7.57. The number of aromatic nitrogens is 3. The number of nitrogens with one attached hydrogen (secondary N) is 2. The summed E-state index contributed by atoms with van der Waals surface area (Å²) >= 11 is 0. The van der Waals surface area contributed by atoms with Gasteiger partial charge in [0.25, 0.3) is 5.56 Å². The molecule has 8 heteroatoms. The number of fused-ring (bicyclic) bond motifs is 1. The first-order valence-corrected chi connectivity index (χ1v) is 9.43. The van der Waals surface area contributed by atoms with Gasteiger partial charge in [0.05, 0.1) is 11.7 Å². The number of aryl methyl sites for hydroxylation is 2. The van der Waals surface area contributed by atoms with Crippen molar-refractivity contribution in [1.29, 1.82) is 0 Å². The van der Waals surface area contributed by atoms with Gasteiger partial charge in [-0.2, -0.15) is 4.98 Å². The van der Waals surface area contributed by atoms with Gasteiger partial charge in [-0.15, -0.1) is 0 Å². The number of aromatic amines is 1. The van der Waals surface area contributed by atoms with Gasteiger partial charge >= 0.3 is 0 Å². The van der Waals surface area contributed by atoms with Crippen LogP contribution in [-0.4, -0.2) is 40.3 Å². The molecule has 1 atom stereocenters. The highest BCUT2D eigenvalue weighted by molar-refractivity contribution is 5.82. The minimum atomic E-state index is -0.278. The van der Waals surface area contributed by atoms with E-state index in [1.54, 1.807) is 6.07 Å². The molecule has 0 bridgehead atoms. The smallest absolute Gasteiger partial charge is 0.259 e. The van der Waals surface area contributed by atoms with E-state index in [4.69, 9.17) is 9.26 Å². The first-order valence-electron chi connectivity index (χ1n) is 9.43. The minimum absolute atomic E-state index is 0.0887. The highest BCUT2D eigenvalue weighted by Crippen LogP contribution is 2.18. The van der Waals surface area contributed by atoms with E-state index in [1.807, 2.05) is 25.1 Å². The Balaban J connectivity index is 1.40. The van der Waals surface area contributed by atoms with Crippen molar-refractivity contribution in [3.8, 4) is 11.4 Å². The number of carbonyl (C=O) groups is 1. The molecule has 4 rings (SSSR count). The number of carbonyl (C=O) groups excluding carboxylic acids is 1. The number of amides is 1. The molecule has 1 aliphatic rings. The number of hydrogen-bond acceptors (Lipinski definition) is 6. The van der Waals surface area contributed by atoms with E-state index in [9.17, 15) is 9.59 Å². The Morgan fingerprint density at radius 2 is 2.25 bits per heavy atom. The SMILES string of the molecule is Cc1ccc2cc(-c3noc(CCC(=O)NC[C@@H]4CCCO4)n3)c(=O)[nH]c2c1. The number of hydrogen-bond donors (Lipinski definition) is 2. The van der Waals surface area contributed by atoms with Gasteiger partial charge < -0.3 is 19.6 Å². The van der Waals surface area contributed by atoms with Crippen molar-refractivity contribution in [2.24, 2.45) is 0 Å². The second kappa shape index (κ2) is 7.93. The average Bonchev–Trinajstić information content (AvgIpc) is 3.36. The molecule has 1 fully saturated rings. The van der Waals surface area contributed by atoms with Crippen molar-refractivity contribution in [2.75, 3.05) is 13.2 Å². The summed E-state index contributed by atoms with van der Waals surface area (Å²) < 4.78 is 10.7. The van der Waals surface area contributed by atoms with Crippen LogP contribution in [0.25, 0.3) is 22.3 Å². The molecule has 0 unspecified atom stereocenters. The van der Waals surface area contributed by atoms with E-state index in [0.29, 0.717) is 24.4 Å². The van der Waals surface area contributed by atoms with Crippen LogP contribution in [-0.2, 0) is 16.0 Å². The van der Waals surface area contributed by atoms with Gasteiger partial charge in [0, 0.05) is 31.5 Å². The van der Waals surface area contributed by atoms with Crippen LogP contribution >= 0.6 is 0 Å². The fraction of sp³-hybridized carbons (Fsp3) is 0.400. The topological polar surface area (TPSA) is 110 Å². The Kier molecular flexibility index (Phi) is 5.21. The van der Waals surface area contributed by atoms with Gasteiger partial charge in [0.1, 0.15) is 0 Å². The molecule has 146 valence electrons. The standard InChI is InChI=1S/C20H22N4O4/c1-12-4-5-13-10-15(20(26)22-16(13)9-12)19-23-18(28-24-19)7-6-17(25)21-11-14-3-2-8-27-14/h4-5,9-10,14H,2-3,6-8,11H2,1H3,(H,21,25)(H,22,26)/t14-/m0/s1. The number of rotatable bonds is 6. The number of H-pyrrole nitrogens is 1. The van der Waals surface area contributed by atoms with E-state index >= 15 is 0 Å². The summed E-state index contributed by atoms with van der Waals surface area (Å²) in [6.07, 6.45) is 2.69. The van der Waals surface area contributed by atoms with E-state index < -0.39 is 0 Å². The molecule has 3 heterocycles. The zero-order chi connectivity index (χ0) is 19.5. The third-order valence-electron chi connectivity index (χ3n) is 4.83. The molecule has 0 saturated carbocycles.